The molecule has 5 heteroatoms. The van der Waals surface area contributed by atoms with Crippen LogP contribution in [0.2, 0.25) is 0 Å². The molecule has 190 valence electrons. The lowest BCUT2D eigenvalue weighted by atomic mass is 9.70. The van der Waals surface area contributed by atoms with Crippen molar-refractivity contribution in [2.75, 3.05) is 6.61 Å². The number of rotatable bonds is 10. The zero-order valence-corrected chi connectivity index (χ0v) is 22.5. The molecule has 0 radical (unpaired) electrons. The van der Waals surface area contributed by atoms with Crippen molar-refractivity contribution in [3.05, 3.63) is 64.8 Å². The summed E-state index contributed by atoms with van der Waals surface area (Å²) in [7, 11) is 2.09. The molecule has 1 amide bonds. The number of hydrogen-bond donors (Lipinski definition) is 2. The molecule has 35 heavy (non-hydrogen) atoms. The van der Waals surface area contributed by atoms with Crippen molar-refractivity contribution in [3.8, 4) is 5.75 Å². The molecule has 0 bridgehead atoms. The molecule has 0 atom stereocenters. The van der Waals surface area contributed by atoms with E-state index in [-0.39, 0.29) is 23.2 Å². The molecule has 2 aromatic carbocycles. The fourth-order valence-corrected chi connectivity index (χ4v) is 5.05. The van der Waals surface area contributed by atoms with Crippen LogP contribution in [0.3, 0.4) is 0 Å². The van der Waals surface area contributed by atoms with Crippen LogP contribution in [0.15, 0.2) is 42.6 Å². The van der Waals surface area contributed by atoms with Crippen LogP contribution in [0, 0.1) is 12.3 Å². The summed E-state index contributed by atoms with van der Waals surface area (Å²) in [5.74, 6) is 0.600. The SMILES string of the molecule is CCC(CC)(c1ccc(OCCC(C)(C)C)c(C)c1)c1cn(C)c2cc(CCC(=O)NO)ccc12. The fourth-order valence-electron chi connectivity index (χ4n) is 5.05. The number of benzene rings is 2. The minimum atomic E-state index is -0.366. The van der Waals surface area contributed by atoms with Crippen LogP contribution in [0.5, 0.6) is 5.75 Å². The van der Waals surface area contributed by atoms with E-state index in [2.05, 4.69) is 95.8 Å². The molecule has 0 aliphatic heterocycles. The number of aromatic nitrogens is 1. The highest BCUT2D eigenvalue weighted by atomic mass is 16.5. The minimum absolute atomic E-state index is 0.105. The Balaban J connectivity index is 1.96. The molecule has 3 rings (SSSR count). The molecule has 3 aromatic rings. The molecule has 0 spiro atoms. The van der Waals surface area contributed by atoms with Crippen molar-refractivity contribution >= 4 is 16.8 Å². The fraction of sp³-hybridized carbons (Fsp3) is 0.500. The van der Waals surface area contributed by atoms with E-state index in [0.717, 1.165) is 42.7 Å². The molecule has 1 aromatic heterocycles. The summed E-state index contributed by atoms with van der Waals surface area (Å²) in [5.41, 5.74) is 7.94. The highest BCUT2D eigenvalue weighted by Gasteiger charge is 2.34. The van der Waals surface area contributed by atoms with E-state index in [0.29, 0.717) is 6.42 Å². The van der Waals surface area contributed by atoms with Crippen molar-refractivity contribution in [2.45, 2.75) is 79.1 Å². The van der Waals surface area contributed by atoms with E-state index in [4.69, 9.17) is 9.94 Å². The third kappa shape index (κ3) is 5.90. The van der Waals surface area contributed by atoms with Crippen molar-refractivity contribution in [1.82, 2.24) is 10.0 Å². The summed E-state index contributed by atoms with van der Waals surface area (Å²) in [6.45, 7) is 14.1. The van der Waals surface area contributed by atoms with Gasteiger partial charge >= 0.3 is 0 Å². The van der Waals surface area contributed by atoms with Crippen LogP contribution in [-0.4, -0.2) is 22.3 Å². The number of aryl methyl sites for hydroxylation is 3. The van der Waals surface area contributed by atoms with E-state index in [9.17, 15) is 4.79 Å². The molecule has 2 N–H and O–H groups in total. The summed E-state index contributed by atoms with van der Waals surface area (Å²) < 4.78 is 8.33. The van der Waals surface area contributed by atoms with Crippen LogP contribution < -0.4 is 10.2 Å². The lowest BCUT2D eigenvalue weighted by molar-refractivity contribution is -0.129. The Labute approximate surface area is 210 Å². The minimum Gasteiger partial charge on any atom is -0.493 e. The summed E-state index contributed by atoms with van der Waals surface area (Å²) in [5, 5.41) is 10.0. The van der Waals surface area contributed by atoms with Gasteiger partial charge < -0.3 is 9.30 Å². The van der Waals surface area contributed by atoms with E-state index in [1.165, 1.54) is 22.1 Å². The van der Waals surface area contributed by atoms with Gasteiger partial charge in [-0.25, -0.2) is 5.48 Å². The number of amides is 1. The lowest BCUT2D eigenvalue weighted by Gasteiger charge is -2.33. The molecule has 0 unspecified atom stereocenters. The Bertz CT molecular complexity index is 1170. The first kappa shape index (κ1) is 26.8. The van der Waals surface area contributed by atoms with Crippen LogP contribution in [0.1, 0.15) is 82.6 Å². The molecule has 0 saturated heterocycles. The maximum Gasteiger partial charge on any atom is 0.243 e. The van der Waals surface area contributed by atoms with Gasteiger partial charge in [-0.15, -0.1) is 0 Å². The molecule has 0 saturated carbocycles. The van der Waals surface area contributed by atoms with Gasteiger partial charge in [0.15, 0.2) is 0 Å². The maximum atomic E-state index is 11.5. The van der Waals surface area contributed by atoms with Crippen molar-refractivity contribution in [3.63, 3.8) is 0 Å². The van der Waals surface area contributed by atoms with Gasteiger partial charge in [0.2, 0.25) is 5.91 Å². The third-order valence-corrected chi connectivity index (χ3v) is 7.38. The number of hydroxylamine groups is 1. The number of hydrogen-bond acceptors (Lipinski definition) is 3. The Hall–Kier alpha value is -2.79. The molecular weight excluding hydrogens is 436 g/mol. The second-order valence-electron chi connectivity index (χ2n) is 11.0. The van der Waals surface area contributed by atoms with Gasteiger partial charge in [-0.3, -0.25) is 10.0 Å². The van der Waals surface area contributed by atoms with Gasteiger partial charge in [-0.05, 0) is 72.4 Å². The van der Waals surface area contributed by atoms with Crippen molar-refractivity contribution < 1.29 is 14.7 Å². The first-order chi connectivity index (χ1) is 16.5. The van der Waals surface area contributed by atoms with E-state index in [1.54, 1.807) is 5.48 Å². The van der Waals surface area contributed by atoms with E-state index in [1.807, 2.05) is 0 Å². The first-order valence-electron chi connectivity index (χ1n) is 12.8. The number of fused-ring (bicyclic) bond motifs is 1. The van der Waals surface area contributed by atoms with E-state index >= 15 is 0 Å². The maximum absolute atomic E-state index is 11.5. The first-order valence-corrected chi connectivity index (χ1v) is 12.8. The van der Waals surface area contributed by atoms with Gasteiger partial charge in [0.05, 0.1) is 6.61 Å². The molecule has 5 nitrogen and oxygen atoms in total. The molecule has 0 aliphatic rings. The number of ether oxygens (including phenoxy) is 1. The van der Waals surface area contributed by atoms with E-state index < -0.39 is 0 Å². The van der Waals surface area contributed by atoms with Gasteiger partial charge in [0.1, 0.15) is 5.75 Å². The van der Waals surface area contributed by atoms with Crippen molar-refractivity contribution in [1.29, 1.82) is 0 Å². The van der Waals surface area contributed by atoms with Gasteiger partial charge in [-0.1, -0.05) is 58.9 Å². The van der Waals surface area contributed by atoms with Gasteiger partial charge in [0.25, 0.3) is 0 Å². The Morgan fingerprint density at radius 3 is 2.40 bits per heavy atom. The summed E-state index contributed by atoms with van der Waals surface area (Å²) in [6, 6.07) is 13.1. The topological polar surface area (TPSA) is 63.5 Å². The lowest BCUT2D eigenvalue weighted by Crippen LogP contribution is -2.26. The summed E-state index contributed by atoms with van der Waals surface area (Å²) >= 11 is 0. The largest absolute Gasteiger partial charge is 0.493 e. The van der Waals surface area contributed by atoms with Crippen LogP contribution in [-0.2, 0) is 23.7 Å². The second-order valence-corrected chi connectivity index (χ2v) is 11.0. The Kier molecular flexibility index (Phi) is 8.32. The monoisotopic (exact) mass is 478 g/mol. The molecule has 0 aliphatic carbocycles. The normalized spacial score (nSPS) is 12.2. The van der Waals surface area contributed by atoms with Crippen LogP contribution in [0.25, 0.3) is 10.9 Å². The predicted molar refractivity (Wildman–Crippen MR) is 143 cm³/mol. The van der Waals surface area contributed by atoms with Crippen LogP contribution >= 0.6 is 0 Å². The summed E-state index contributed by atoms with van der Waals surface area (Å²) in [4.78, 5) is 11.5. The average molecular weight is 479 g/mol. The smallest absolute Gasteiger partial charge is 0.243 e. The number of carbonyl (C=O) groups is 1. The van der Waals surface area contributed by atoms with Crippen LogP contribution in [0.4, 0.5) is 0 Å². The van der Waals surface area contributed by atoms with Gasteiger partial charge in [0, 0.05) is 36.0 Å². The number of nitrogens with zero attached hydrogens (tertiary/aromatic N) is 1. The highest BCUT2D eigenvalue weighted by molar-refractivity contribution is 5.86. The number of carbonyl (C=O) groups excluding carboxylic acids is 1. The predicted octanol–water partition coefficient (Wildman–Crippen LogP) is 6.85. The quantitative estimate of drug-likeness (QED) is 0.247. The third-order valence-electron chi connectivity index (χ3n) is 7.38. The molecular formula is C30H42N2O3. The Morgan fingerprint density at radius 1 is 1.09 bits per heavy atom. The Morgan fingerprint density at radius 2 is 1.80 bits per heavy atom. The molecule has 1 heterocycles. The zero-order valence-electron chi connectivity index (χ0n) is 22.5. The average Bonchev–Trinajstić information content (AvgIpc) is 3.15. The zero-order chi connectivity index (χ0) is 25.8. The second kappa shape index (κ2) is 10.9. The summed E-state index contributed by atoms with van der Waals surface area (Å²) in [6.07, 6.45) is 6.12. The number of nitrogens with one attached hydrogen (secondary N) is 1. The molecule has 0 fully saturated rings. The van der Waals surface area contributed by atoms with Crippen molar-refractivity contribution in [2.24, 2.45) is 12.5 Å². The highest BCUT2D eigenvalue weighted by Crippen LogP contribution is 2.44. The standard InChI is InChI=1S/C30H42N2O3/c1-8-30(9-2,23-12-14-27(21(3)18-23)35-17-16-29(4,5)6)25-20-32(7)26-19-22(10-13-24(25)26)11-15-28(33)31-34/h10,12-14,18-20,34H,8-9,11,15-17H2,1-7H3,(H,31,33). The van der Waals surface area contributed by atoms with Gasteiger partial charge in [-0.2, -0.15) is 0 Å².